The number of carbonyl (C=O) groups is 1. The summed E-state index contributed by atoms with van der Waals surface area (Å²) in [5, 5.41) is 9.26. The van der Waals surface area contributed by atoms with Crippen molar-refractivity contribution < 1.29 is 14.7 Å². The molecule has 0 aliphatic rings. The minimum atomic E-state index is -0.604. The largest absolute Gasteiger partial charge is 0.465 e. The van der Waals surface area contributed by atoms with Gasteiger partial charge in [0, 0.05) is 34.9 Å². The molecule has 0 unspecified atom stereocenters. The second-order valence-corrected chi connectivity index (χ2v) is 6.73. The summed E-state index contributed by atoms with van der Waals surface area (Å²) < 4.78 is 7.55. The average Bonchev–Trinajstić information content (AvgIpc) is 3.21. The van der Waals surface area contributed by atoms with Gasteiger partial charge in [0.25, 0.3) is 0 Å². The maximum absolute atomic E-state index is 11.9. The highest BCUT2D eigenvalue weighted by atomic mass is 16.5. The van der Waals surface area contributed by atoms with Crippen LogP contribution in [0, 0.1) is 13.8 Å². The molecule has 2 aromatic carbocycles. The van der Waals surface area contributed by atoms with Crippen LogP contribution in [-0.2, 0) is 4.74 Å². The first-order valence-corrected chi connectivity index (χ1v) is 9.59. The van der Waals surface area contributed by atoms with Crippen molar-refractivity contribution in [2.24, 2.45) is 0 Å². The fourth-order valence-corrected chi connectivity index (χ4v) is 3.30. The molecule has 2 aromatic heterocycles. The Morgan fingerprint density at radius 1 is 1.00 bits per heavy atom. The summed E-state index contributed by atoms with van der Waals surface area (Å²) in [5.74, 6) is -0.0391. The number of pyridine rings is 1. The minimum Gasteiger partial charge on any atom is -0.465 e. The molecule has 2 heterocycles. The number of benzene rings is 2. The number of aryl methyl sites for hydroxylation is 1. The van der Waals surface area contributed by atoms with Crippen LogP contribution in [0.5, 0.6) is 0 Å². The molecule has 0 aliphatic carbocycles. The van der Waals surface area contributed by atoms with Gasteiger partial charge in [-0.3, -0.25) is 4.79 Å². The second-order valence-electron chi connectivity index (χ2n) is 6.73. The highest BCUT2D eigenvalue weighted by molar-refractivity contribution is 5.90. The van der Waals surface area contributed by atoms with Gasteiger partial charge in [-0.2, -0.15) is 4.73 Å². The summed E-state index contributed by atoms with van der Waals surface area (Å²) in [5.41, 5.74) is 2.95. The highest BCUT2D eigenvalue weighted by Gasteiger charge is 2.18. The van der Waals surface area contributed by atoms with E-state index in [1.54, 1.807) is 13.1 Å². The first-order chi connectivity index (χ1) is 14.9. The molecule has 158 valence electrons. The third kappa shape index (κ3) is 4.72. The highest BCUT2D eigenvalue weighted by Crippen LogP contribution is 2.16. The number of nitrogens with zero attached hydrogens (tertiary/aromatic N) is 3. The fraction of sp³-hybridized carbons (Fsp3) is 0.125. The van der Waals surface area contributed by atoms with E-state index in [1.807, 2.05) is 72.2 Å². The smallest absolute Gasteiger partial charge is 0.343 e. The Morgan fingerprint density at radius 2 is 1.61 bits per heavy atom. The van der Waals surface area contributed by atoms with Crippen LogP contribution in [0.25, 0.3) is 17.1 Å². The van der Waals surface area contributed by atoms with E-state index in [0.29, 0.717) is 11.5 Å². The molecule has 31 heavy (non-hydrogen) atoms. The van der Waals surface area contributed by atoms with Crippen LogP contribution >= 0.6 is 0 Å². The van der Waals surface area contributed by atoms with Crippen LogP contribution in [0.3, 0.4) is 0 Å². The number of para-hydroxylation sites is 1. The zero-order valence-electron chi connectivity index (χ0n) is 17.5. The van der Waals surface area contributed by atoms with E-state index in [4.69, 9.17) is 0 Å². The van der Waals surface area contributed by atoms with E-state index < -0.39 is 5.97 Å². The molecular weight excluding hydrogens is 394 g/mol. The lowest BCUT2D eigenvalue weighted by atomic mass is 10.1. The lowest BCUT2D eigenvalue weighted by Gasteiger charge is -2.16. The Hall–Kier alpha value is -4.13. The van der Waals surface area contributed by atoms with Gasteiger partial charge in [-0.05, 0) is 26.0 Å². The maximum Gasteiger partial charge on any atom is 0.343 e. The van der Waals surface area contributed by atoms with E-state index in [0.717, 1.165) is 21.7 Å². The van der Waals surface area contributed by atoms with Crippen LogP contribution in [0.2, 0.25) is 0 Å². The Balaban J connectivity index is 0.000000194. The van der Waals surface area contributed by atoms with E-state index in [1.165, 1.54) is 19.4 Å². The maximum atomic E-state index is 11.9. The molecule has 1 N–H and O–H groups in total. The molecule has 0 saturated carbocycles. The van der Waals surface area contributed by atoms with Crippen molar-refractivity contribution in [3.8, 4) is 17.1 Å². The van der Waals surface area contributed by atoms with Crippen molar-refractivity contribution in [1.82, 2.24) is 14.3 Å². The van der Waals surface area contributed by atoms with Gasteiger partial charge in [0.2, 0.25) is 0 Å². The zero-order chi connectivity index (χ0) is 22.4. The molecule has 0 spiro atoms. The van der Waals surface area contributed by atoms with Gasteiger partial charge in [-0.15, -0.1) is 0 Å². The molecule has 0 aliphatic heterocycles. The topological polar surface area (TPSA) is 86.4 Å². The number of esters is 1. The van der Waals surface area contributed by atoms with E-state index in [2.05, 4.69) is 9.72 Å². The number of aromatic nitrogens is 3. The summed E-state index contributed by atoms with van der Waals surface area (Å²) in [6.45, 7) is 3.58. The predicted molar refractivity (Wildman–Crippen MR) is 118 cm³/mol. The standard InChI is InChI=1S/C15H15NO3.C9H8N2O/c1-10-9-13(17)14(15(18)19-3)11(2)16(10)12-7-5-4-6-8-12;12-11-7-6-10-9(11)8-4-2-1-3-5-8/h4-9H,1-3H3;1-7,12H. The Bertz CT molecular complexity index is 1230. The third-order valence-electron chi connectivity index (χ3n) is 4.69. The number of carbonyl (C=O) groups excluding carboxylic acids is 1. The molecule has 0 amide bonds. The van der Waals surface area contributed by atoms with Crippen LogP contribution in [-0.4, -0.2) is 32.6 Å². The lowest BCUT2D eigenvalue weighted by molar-refractivity contribution is 0.0597. The van der Waals surface area contributed by atoms with Gasteiger partial charge in [-0.1, -0.05) is 48.5 Å². The Morgan fingerprint density at radius 3 is 2.16 bits per heavy atom. The second kappa shape index (κ2) is 9.58. The molecular formula is C24H23N3O4. The number of methoxy groups -OCH3 is 1. The Kier molecular flexibility index (Phi) is 6.67. The Labute approximate surface area is 179 Å². The lowest BCUT2D eigenvalue weighted by Crippen LogP contribution is -2.23. The van der Waals surface area contributed by atoms with Gasteiger partial charge in [0.05, 0.1) is 13.3 Å². The van der Waals surface area contributed by atoms with Crippen molar-refractivity contribution in [2.45, 2.75) is 13.8 Å². The van der Waals surface area contributed by atoms with E-state index in [-0.39, 0.29) is 11.0 Å². The minimum absolute atomic E-state index is 0.0805. The molecule has 0 fully saturated rings. The van der Waals surface area contributed by atoms with Crippen molar-refractivity contribution in [3.63, 3.8) is 0 Å². The van der Waals surface area contributed by atoms with Gasteiger partial charge in [0.15, 0.2) is 11.3 Å². The van der Waals surface area contributed by atoms with Crippen molar-refractivity contribution in [2.75, 3.05) is 7.11 Å². The quantitative estimate of drug-likeness (QED) is 0.402. The molecule has 4 aromatic rings. The number of hydrogen-bond acceptors (Lipinski definition) is 5. The zero-order valence-corrected chi connectivity index (χ0v) is 17.5. The van der Waals surface area contributed by atoms with Gasteiger partial charge in [0.1, 0.15) is 5.56 Å². The molecule has 0 radical (unpaired) electrons. The number of imidazole rings is 1. The van der Waals surface area contributed by atoms with Crippen LogP contribution in [0.1, 0.15) is 21.7 Å². The van der Waals surface area contributed by atoms with Crippen molar-refractivity contribution in [3.05, 3.63) is 106 Å². The van der Waals surface area contributed by atoms with Crippen molar-refractivity contribution in [1.29, 1.82) is 0 Å². The molecule has 0 saturated heterocycles. The SMILES string of the molecule is COC(=O)c1c(C)n(-c2ccccc2)c(C)cc1=O.On1ccnc1-c1ccccc1. The summed E-state index contributed by atoms with van der Waals surface area (Å²) in [4.78, 5) is 27.6. The first-order valence-electron chi connectivity index (χ1n) is 9.59. The van der Waals surface area contributed by atoms with Gasteiger partial charge >= 0.3 is 5.97 Å². The van der Waals surface area contributed by atoms with Crippen molar-refractivity contribution >= 4 is 5.97 Å². The van der Waals surface area contributed by atoms with E-state index in [9.17, 15) is 14.8 Å². The molecule has 7 heteroatoms. The number of rotatable bonds is 3. The summed E-state index contributed by atoms with van der Waals surface area (Å²) in [7, 11) is 1.27. The van der Waals surface area contributed by atoms with Gasteiger partial charge < -0.3 is 14.5 Å². The van der Waals surface area contributed by atoms with Crippen LogP contribution in [0.4, 0.5) is 0 Å². The summed E-state index contributed by atoms with van der Waals surface area (Å²) in [6, 6.07) is 20.6. The first kappa shape index (κ1) is 21.6. The molecule has 0 atom stereocenters. The monoisotopic (exact) mass is 417 g/mol. The number of hydrogen-bond donors (Lipinski definition) is 1. The van der Waals surface area contributed by atoms with Crippen LogP contribution < -0.4 is 5.43 Å². The average molecular weight is 417 g/mol. The number of ether oxygens (including phenoxy) is 1. The van der Waals surface area contributed by atoms with Gasteiger partial charge in [-0.25, -0.2) is 9.78 Å². The van der Waals surface area contributed by atoms with E-state index >= 15 is 0 Å². The normalized spacial score (nSPS) is 10.2. The molecule has 4 rings (SSSR count). The predicted octanol–water partition coefficient (Wildman–Crippen LogP) is 4.03. The summed E-state index contributed by atoms with van der Waals surface area (Å²) >= 11 is 0. The summed E-state index contributed by atoms with van der Waals surface area (Å²) in [6.07, 6.45) is 3.06. The molecule has 0 bridgehead atoms. The van der Waals surface area contributed by atoms with Crippen LogP contribution in [0.15, 0.2) is 83.9 Å². The fourth-order valence-electron chi connectivity index (χ4n) is 3.30. The third-order valence-corrected chi connectivity index (χ3v) is 4.69. The molecule has 7 nitrogen and oxygen atoms in total.